The molecule has 8 heteroatoms. The van der Waals surface area contributed by atoms with Crippen LogP contribution in [0.5, 0.6) is 11.5 Å². The van der Waals surface area contributed by atoms with Gasteiger partial charge in [-0.05, 0) is 30.4 Å². The van der Waals surface area contributed by atoms with Crippen LogP contribution in [-0.4, -0.2) is 55.0 Å². The molecular weight excluding hydrogens is 436 g/mol. The van der Waals surface area contributed by atoms with Crippen LogP contribution in [0.25, 0.3) is 0 Å². The average Bonchev–Trinajstić information content (AvgIpc) is 2.94. The van der Waals surface area contributed by atoms with Crippen LogP contribution in [-0.2, 0) is 28.9 Å². The molecule has 2 aliphatic heterocycles. The number of rotatable bonds is 8. The van der Waals surface area contributed by atoms with E-state index in [2.05, 4.69) is 16.6 Å². The summed E-state index contributed by atoms with van der Waals surface area (Å²) in [5.41, 5.74) is 3.77. The van der Waals surface area contributed by atoms with E-state index in [0.29, 0.717) is 54.1 Å². The Kier molecular flexibility index (Phi) is 7.07. The van der Waals surface area contributed by atoms with Crippen molar-refractivity contribution in [2.45, 2.75) is 44.5 Å². The van der Waals surface area contributed by atoms with Gasteiger partial charge < -0.3 is 29.5 Å². The summed E-state index contributed by atoms with van der Waals surface area (Å²) in [6, 6.07) is 9.25. The molecule has 0 aliphatic carbocycles. The maximum Gasteiger partial charge on any atom is 0.305 e. The smallest absolute Gasteiger partial charge is 0.305 e. The Morgan fingerprint density at radius 1 is 1.29 bits per heavy atom. The lowest BCUT2D eigenvalue weighted by atomic mass is 9.92. The van der Waals surface area contributed by atoms with Crippen LogP contribution in [0.4, 0.5) is 5.69 Å². The predicted molar refractivity (Wildman–Crippen MR) is 127 cm³/mol. The number of methoxy groups -OCH3 is 2. The van der Waals surface area contributed by atoms with E-state index in [0.717, 1.165) is 11.1 Å². The third kappa shape index (κ3) is 4.46. The number of fused-ring (bicyclic) bond motifs is 3. The quantitative estimate of drug-likeness (QED) is 0.351. The van der Waals surface area contributed by atoms with Crippen LogP contribution in [0.3, 0.4) is 0 Å². The molecule has 2 N–H and O–H groups in total. The third-order valence-electron chi connectivity index (χ3n) is 6.34. The summed E-state index contributed by atoms with van der Waals surface area (Å²) in [6.45, 7) is 4.52. The van der Waals surface area contributed by atoms with Crippen molar-refractivity contribution in [3.05, 3.63) is 65.2 Å². The number of ether oxygens (including phenoxy) is 3. The number of allylic oxidation sites excluding steroid dienone is 1. The molecule has 4 rings (SSSR count). The van der Waals surface area contributed by atoms with Gasteiger partial charge in [0.25, 0.3) is 5.91 Å². The van der Waals surface area contributed by atoms with Crippen molar-refractivity contribution in [2.75, 3.05) is 26.1 Å². The molecule has 0 radical (unpaired) electrons. The van der Waals surface area contributed by atoms with Crippen molar-refractivity contribution in [1.29, 1.82) is 0 Å². The summed E-state index contributed by atoms with van der Waals surface area (Å²) in [7, 11) is 2.87. The molecule has 0 spiro atoms. The zero-order valence-electron chi connectivity index (χ0n) is 19.5. The molecular formula is C26H30N2O6. The number of nitrogens with one attached hydrogen (secondary N) is 1. The van der Waals surface area contributed by atoms with E-state index in [1.54, 1.807) is 17.0 Å². The maximum absolute atomic E-state index is 13.9. The van der Waals surface area contributed by atoms with Crippen LogP contribution >= 0.6 is 0 Å². The fourth-order valence-corrected chi connectivity index (χ4v) is 4.67. The fraction of sp³-hybridized carbons (Fsp3) is 0.385. The Labute approximate surface area is 199 Å². The van der Waals surface area contributed by atoms with E-state index in [4.69, 9.17) is 9.47 Å². The minimum absolute atomic E-state index is 0.175. The molecule has 2 aliphatic rings. The molecule has 0 saturated heterocycles. The molecule has 2 aromatic rings. The van der Waals surface area contributed by atoms with Crippen molar-refractivity contribution >= 4 is 17.6 Å². The highest BCUT2D eigenvalue weighted by molar-refractivity contribution is 6.03. The first kappa shape index (κ1) is 23.6. The highest BCUT2D eigenvalue weighted by atomic mass is 16.5. The summed E-state index contributed by atoms with van der Waals surface area (Å²) in [5, 5.41) is 14.2. The Morgan fingerprint density at radius 2 is 2.06 bits per heavy atom. The van der Waals surface area contributed by atoms with Gasteiger partial charge in [-0.25, -0.2) is 0 Å². The van der Waals surface area contributed by atoms with E-state index in [-0.39, 0.29) is 24.9 Å². The maximum atomic E-state index is 13.9. The highest BCUT2D eigenvalue weighted by Gasteiger charge is 2.40. The van der Waals surface area contributed by atoms with Gasteiger partial charge in [0.15, 0.2) is 11.5 Å². The van der Waals surface area contributed by atoms with Gasteiger partial charge in [0.1, 0.15) is 6.23 Å². The zero-order valence-corrected chi connectivity index (χ0v) is 19.5. The van der Waals surface area contributed by atoms with Gasteiger partial charge in [-0.3, -0.25) is 9.59 Å². The lowest BCUT2D eigenvalue weighted by Crippen LogP contribution is -2.51. The first-order valence-corrected chi connectivity index (χ1v) is 11.3. The van der Waals surface area contributed by atoms with Gasteiger partial charge in [-0.1, -0.05) is 30.3 Å². The van der Waals surface area contributed by atoms with Crippen molar-refractivity contribution in [3.8, 4) is 11.5 Å². The van der Waals surface area contributed by atoms with E-state index in [1.165, 1.54) is 14.2 Å². The van der Waals surface area contributed by atoms with E-state index >= 15 is 0 Å². The van der Waals surface area contributed by atoms with Crippen LogP contribution < -0.4 is 14.8 Å². The van der Waals surface area contributed by atoms with E-state index in [1.807, 2.05) is 24.3 Å². The molecule has 1 unspecified atom stereocenters. The number of aliphatic hydroxyl groups excluding tert-OH is 1. The lowest BCUT2D eigenvalue weighted by molar-refractivity contribution is -0.140. The van der Waals surface area contributed by atoms with Crippen molar-refractivity contribution < 1.29 is 28.9 Å². The Morgan fingerprint density at radius 3 is 2.76 bits per heavy atom. The van der Waals surface area contributed by atoms with Gasteiger partial charge in [0.2, 0.25) is 0 Å². The topological polar surface area (TPSA) is 97.3 Å². The molecule has 180 valence electrons. The lowest BCUT2D eigenvalue weighted by Gasteiger charge is -2.37. The summed E-state index contributed by atoms with van der Waals surface area (Å²) in [5.74, 6) is 0.389. The van der Waals surface area contributed by atoms with E-state index < -0.39 is 12.3 Å². The van der Waals surface area contributed by atoms with Crippen LogP contribution in [0.2, 0.25) is 0 Å². The summed E-state index contributed by atoms with van der Waals surface area (Å²) < 4.78 is 16.3. The number of nitrogens with zero attached hydrogens (tertiary/aromatic N) is 1. The molecule has 1 amide bonds. The minimum atomic E-state index is -0.962. The largest absolute Gasteiger partial charge is 0.493 e. The van der Waals surface area contributed by atoms with Crippen molar-refractivity contribution in [2.24, 2.45) is 0 Å². The van der Waals surface area contributed by atoms with Gasteiger partial charge in [-0.15, -0.1) is 6.58 Å². The summed E-state index contributed by atoms with van der Waals surface area (Å²) >= 11 is 0. The van der Waals surface area contributed by atoms with Crippen LogP contribution in [0.1, 0.15) is 39.9 Å². The Bertz CT molecular complexity index is 1100. The van der Waals surface area contributed by atoms with Crippen molar-refractivity contribution in [1.82, 2.24) is 4.90 Å². The van der Waals surface area contributed by atoms with Crippen LogP contribution in [0, 0.1) is 0 Å². The molecule has 8 nitrogen and oxygen atoms in total. The first-order chi connectivity index (χ1) is 16.5. The number of esters is 1. The number of aliphatic hydroxyl groups is 1. The number of carbonyl (C=O) groups is 2. The standard InChI is InChI=1S/C26H30N2O6/c1-4-8-18-23-19(14-21(24(18)33-3)34-12-7-11-22(29)32-2)27-25(30)20-13-16-9-5-6-10-17(16)15-28(20)26(23)31/h4-6,9-10,14,20,25,27,30H,1,7-8,11-13,15H2,2-3H3/t20-,25?/m0/s1. The summed E-state index contributed by atoms with van der Waals surface area (Å²) in [4.78, 5) is 27.0. The second-order valence-corrected chi connectivity index (χ2v) is 8.39. The fourth-order valence-electron chi connectivity index (χ4n) is 4.67. The molecule has 2 aromatic carbocycles. The number of hydrogen-bond donors (Lipinski definition) is 2. The van der Waals surface area contributed by atoms with Crippen molar-refractivity contribution in [3.63, 3.8) is 0 Å². The molecule has 34 heavy (non-hydrogen) atoms. The molecule has 0 aromatic heterocycles. The van der Waals surface area contributed by atoms with Crippen LogP contribution in [0.15, 0.2) is 43.0 Å². The Balaban J connectivity index is 1.71. The molecule has 0 fully saturated rings. The van der Waals surface area contributed by atoms with Gasteiger partial charge in [0.05, 0.1) is 38.1 Å². The number of amides is 1. The minimum Gasteiger partial charge on any atom is -0.493 e. The molecule has 0 bridgehead atoms. The number of anilines is 1. The molecule has 0 saturated carbocycles. The SMILES string of the molecule is C=CCc1c(OC)c(OCCCC(=O)OC)cc2c1C(=O)N1Cc3ccccc3C[C@H]1C(O)N2. The molecule has 2 heterocycles. The normalized spacial score (nSPS) is 18.6. The second-order valence-electron chi connectivity index (χ2n) is 8.39. The van der Waals surface area contributed by atoms with Gasteiger partial charge >= 0.3 is 5.97 Å². The number of carbonyl (C=O) groups excluding carboxylic acids is 2. The molecule has 2 atom stereocenters. The van der Waals surface area contributed by atoms with Gasteiger partial charge in [0, 0.05) is 24.6 Å². The third-order valence-corrected chi connectivity index (χ3v) is 6.34. The monoisotopic (exact) mass is 466 g/mol. The predicted octanol–water partition coefficient (Wildman–Crippen LogP) is 3.07. The number of benzene rings is 2. The highest BCUT2D eigenvalue weighted by Crippen LogP contribution is 2.42. The average molecular weight is 467 g/mol. The zero-order chi connectivity index (χ0) is 24.2. The second kappa shape index (κ2) is 10.2. The Hall–Kier alpha value is -3.52. The van der Waals surface area contributed by atoms with Gasteiger partial charge in [-0.2, -0.15) is 0 Å². The van der Waals surface area contributed by atoms with E-state index in [9.17, 15) is 14.7 Å². The summed E-state index contributed by atoms with van der Waals surface area (Å²) in [6.07, 6.45) is 2.37. The number of hydrogen-bond acceptors (Lipinski definition) is 7. The first-order valence-electron chi connectivity index (χ1n) is 11.3.